The fourth-order valence-electron chi connectivity index (χ4n) is 2.71. The lowest BCUT2D eigenvalue weighted by atomic mass is 9.84. The molecule has 0 spiro atoms. The van der Waals surface area contributed by atoms with Crippen LogP contribution in [0.5, 0.6) is 5.75 Å². The predicted octanol–water partition coefficient (Wildman–Crippen LogP) is 2.48. The molecule has 82 valence electrons. The van der Waals surface area contributed by atoms with Gasteiger partial charge in [-0.2, -0.15) is 0 Å². The lowest BCUT2D eigenvalue weighted by Gasteiger charge is -2.26. The fourth-order valence-corrected chi connectivity index (χ4v) is 2.71. The molecule has 0 radical (unpaired) electrons. The third-order valence-electron chi connectivity index (χ3n) is 3.33. The molecule has 2 N–H and O–H groups in total. The predicted molar refractivity (Wildman–Crippen MR) is 62.4 cm³/mol. The van der Waals surface area contributed by atoms with Gasteiger partial charge in [0.2, 0.25) is 0 Å². The number of hydrogen-bond donors (Lipinski definition) is 2. The number of aromatic hydroxyl groups is 1. The number of rotatable bonds is 1. The standard InChI is InChI=1S/C13H19NO/c1-9-7-12(15)8-10(2)13(9)11-3-5-14-6-4-11/h7-8,11,14-15H,3-6H2,1-2H3. The summed E-state index contributed by atoms with van der Waals surface area (Å²) in [6, 6.07) is 3.76. The van der Waals surface area contributed by atoms with Crippen LogP contribution in [0.4, 0.5) is 0 Å². The molecule has 2 nitrogen and oxygen atoms in total. The molecule has 1 aromatic rings. The van der Waals surface area contributed by atoms with E-state index in [0.29, 0.717) is 11.7 Å². The van der Waals surface area contributed by atoms with Crippen molar-refractivity contribution in [3.63, 3.8) is 0 Å². The third-order valence-corrected chi connectivity index (χ3v) is 3.33. The van der Waals surface area contributed by atoms with Crippen LogP contribution >= 0.6 is 0 Å². The Bertz CT molecular complexity index is 331. The van der Waals surface area contributed by atoms with Crippen LogP contribution in [-0.4, -0.2) is 18.2 Å². The highest BCUT2D eigenvalue weighted by atomic mass is 16.3. The number of nitrogens with one attached hydrogen (secondary N) is 1. The van der Waals surface area contributed by atoms with Gasteiger partial charge in [0, 0.05) is 0 Å². The number of benzene rings is 1. The molecule has 0 amide bonds. The Hall–Kier alpha value is -1.02. The van der Waals surface area contributed by atoms with Crippen molar-refractivity contribution in [1.29, 1.82) is 0 Å². The van der Waals surface area contributed by atoms with E-state index in [1.54, 1.807) is 0 Å². The molecule has 1 fully saturated rings. The summed E-state index contributed by atoms with van der Waals surface area (Å²) in [5.74, 6) is 1.06. The normalized spacial score (nSPS) is 18.0. The van der Waals surface area contributed by atoms with E-state index in [1.165, 1.54) is 29.5 Å². The van der Waals surface area contributed by atoms with Crippen molar-refractivity contribution in [2.24, 2.45) is 0 Å². The van der Waals surface area contributed by atoms with Gasteiger partial charge in [-0.25, -0.2) is 0 Å². The zero-order chi connectivity index (χ0) is 10.8. The second-order valence-electron chi connectivity index (χ2n) is 4.52. The van der Waals surface area contributed by atoms with Crippen LogP contribution in [0.15, 0.2) is 12.1 Å². The van der Waals surface area contributed by atoms with Crippen LogP contribution in [0.25, 0.3) is 0 Å². The maximum atomic E-state index is 9.50. The molecular formula is C13H19NO. The van der Waals surface area contributed by atoms with E-state index in [-0.39, 0.29) is 0 Å². The van der Waals surface area contributed by atoms with Crippen molar-refractivity contribution < 1.29 is 5.11 Å². The van der Waals surface area contributed by atoms with Crippen LogP contribution in [-0.2, 0) is 0 Å². The minimum absolute atomic E-state index is 0.391. The summed E-state index contributed by atoms with van der Waals surface area (Å²) >= 11 is 0. The van der Waals surface area contributed by atoms with Gasteiger partial charge < -0.3 is 10.4 Å². The van der Waals surface area contributed by atoms with Gasteiger partial charge in [-0.1, -0.05) is 0 Å². The first-order chi connectivity index (χ1) is 7.18. The molecular weight excluding hydrogens is 186 g/mol. The average molecular weight is 205 g/mol. The third kappa shape index (κ3) is 2.15. The summed E-state index contributed by atoms with van der Waals surface area (Å²) in [5.41, 5.74) is 3.92. The maximum absolute atomic E-state index is 9.50. The number of phenolic OH excluding ortho intramolecular Hbond substituents is 1. The van der Waals surface area contributed by atoms with Gasteiger partial charge in [0.15, 0.2) is 0 Å². The van der Waals surface area contributed by atoms with Crippen LogP contribution in [0.2, 0.25) is 0 Å². The topological polar surface area (TPSA) is 32.3 Å². The van der Waals surface area contributed by atoms with E-state index in [1.807, 2.05) is 12.1 Å². The Morgan fingerprint density at radius 3 is 2.20 bits per heavy atom. The van der Waals surface area contributed by atoms with Crippen LogP contribution in [0, 0.1) is 13.8 Å². The first-order valence-electron chi connectivity index (χ1n) is 5.69. The van der Waals surface area contributed by atoms with Gasteiger partial charge in [-0.3, -0.25) is 0 Å². The molecule has 2 rings (SSSR count). The lowest BCUT2D eigenvalue weighted by molar-refractivity contribution is 0.453. The molecule has 1 aliphatic heterocycles. The molecule has 0 bridgehead atoms. The van der Waals surface area contributed by atoms with Crippen molar-refractivity contribution in [2.75, 3.05) is 13.1 Å². The zero-order valence-electron chi connectivity index (χ0n) is 9.51. The van der Waals surface area contributed by atoms with Gasteiger partial charge in [-0.15, -0.1) is 0 Å². The number of piperidine rings is 1. The summed E-state index contributed by atoms with van der Waals surface area (Å²) in [6.45, 7) is 6.43. The average Bonchev–Trinajstić information content (AvgIpc) is 2.17. The summed E-state index contributed by atoms with van der Waals surface area (Å²) < 4.78 is 0. The minimum Gasteiger partial charge on any atom is -0.508 e. The van der Waals surface area contributed by atoms with E-state index in [9.17, 15) is 5.11 Å². The van der Waals surface area contributed by atoms with Gasteiger partial charge in [-0.05, 0) is 74.5 Å². The van der Waals surface area contributed by atoms with Crippen molar-refractivity contribution in [1.82, 2.24) is 5.32 Å². The highest BCUT2D eigenvalue weighted by molar-refractivity contribution is 5.42. The molecule has 0 aliphatic carbocycles. The molecule has 1 aliphatic rings. The molecule has 0 saturated carbocycles. The van der Waals surface area contributed by atoms with Crippen molar-refractivity contribution in [2.45, 2.75) is 32.6 Å². The van der Waals surface area contributed by atoms with Gasteiger partial charge in [0.1, 0.15) is 5.75 Å². The van der Waals surface area contributed by atoms with Crippen LogP contribution in [0.1, 0.15) is 35.4 Å². The Labute approximate surface area is 91.3 Å². The molecule has 2 heteroatoms. The molecule has 1 aromatic carbocycles. The number of aryl methyl sites for hydroxylation is 2. The van der Waals surface area contributed by atoms with Gasteiger partial charge in [0.25, 0.3) is 0 Å². The van der Waals surface area contributed by atoms with E-state index >= 15 is 0 Å². The van der Waals surface area contributed by atoms with E-state index < -0.39 is 0 Å². The first kappa shape index (κ1) is 10.5. The number of hydrogen-bond acceptors (Lipinski definition) is 2. The molecule has 0 atom stereocenters. The first-order valence-corrected chi connectivity index (χ1v) is 5.69. The van der Waals surface area contributed by atoms with E-state index in [4.69, 9.17) is 0 Å². The molecule has 0 unspecified atom stereocenters. The Morgan fingerprint density at radius 2 is 1.67 bits per heavy atom. The Balaban J connectivity index is 2.33. The van der Waals surface area contributed by atoms with Crippen LogP contribution in [0.3, 0.4) is 0 Å². The van der Waals surface area contributed by atoms with Crippen molar-refractivity contribution in [3.8, 4) is 5.75 Å². The lowest BCUT2D eigenvalue weighted by Crippen LogP contribution is -2.27. The second-order valence-corrected chi connectivity index (χ2v) is 4.52. The number of phenols is 1. The van der Waals surface area contributed by atoms with E-state index in [0.717, 1.165) is 13.1 Å². The molecule has 0 aromatic heterocycles. The quantitative estimate of drug-likeness (QED) is 0.738. The zero-order valence-corrected chi connectivity index (χ0v) is 9.51. The fraction of sp³-hybridized carbons (Fsp3) is 0.538. The largest absolute Gasteiger partial charge is 0.508 e. The van der Waals surface area contributed by atoms with Crippen molar-refractivity contribution >= 4 is 0 Å². The minimum atomic E-state index is 0.391. The highest BCUT2D eigenvalue weighted by Crippen LogP contribution is 2.32. The van der Waals surface area contributed by atoms with Gasteiger partial charge >= 0.3 is 0 Å². The summed E-state index contributed by atoms with van der Waals surface area (Å²) in [6.07, 6.45) is 2.43. The van der Waals surface area contributed by atoms with Crippen molar-refractivity contribution in [3.05, 3.63) is 28.8 Å². The second kappa shape index (κ2) is 4.23. The SMILES string of the molecule is Cc1cc(O)cc(C)c1C1CCNCC1. The molecule has 15 heavy (non-hydrogen) atoms. The highest BCUT2D eigenvalue weighted by Gasteiger charge is 2.19. The van der Waals surface area contributed by atoms with Crippen LogP contribution < -0.4 is 5.32 Å². The van der Waals surface area contributed by atoms with Gasteiger partial charge in [0.05, 0.1) is 0 Å². The maximum Gasteiger partial charge on any atom is 0.116 e. The summed E-state index contributed by atoms with van der Waals surface area (Å²) in [7, 11) is 0. The molecule has 1 heterocycles. The summed E-state index contributed by atoms with van der Waals surface area (Å²) in [4.78, 5) is 0. The smallest absolute Gasteiger partial charge is 0.116 e. The Kier molecular flexibility index (Phi) is 2.96. The summed E-state index contributed by atoms with van der Waals surface area (Å²) in [5, 5.41) is 12.9. The van der Waals surface area contributed by atoms with E-state index in [2.05, 4.69) is 19.2 Å². The monoisotopic (exact) mass is 205 g/mol. The molecule has 1 saturated heterocycles. The Morgan fingerprint density at radius 1 is 1.13 bits per heavy atom.